The minimum Gasteiger partial charge on any atom is -0.454 e. The Morgan fingerprint density at radius 2 is 2.06 bits per heavy atom. The zero-order chi connectivity index (χ0) is 23.5. The minimum absolute atomic E-state index is 0.151. The Morgan fingerprint density at radius 3 is 2.94 bits per heavy atom. The predicted octanol–water partition coefficient (Wildman–Crippen LogP) is 3.67. The van der Waals surface area contributed by atoms with Crippen LogP contribution >= 0.6 is 0 Å². The molecule has 0 aromatic carbocycles. The molecule has 178 valence electrons. The van der Waals surface area contributed by atoms with E-state index in [-0.39, 0.29) is 23.8 Å². The average Bonchev–Trinajstić information content (AvgIpc) is 3.55. The normalized spacial score (nSPS) is 16.9. The van der Waals surface area contributed by atoms with Gasteiger partial charge in [-0.25, -0.2) is 4.98 Å². The molecule has 1 atom stereocenters. The molecule has 0 bridgehead atoms. The number of aromatic nitrogens is 3. The van der Waals surface area contributed by atoms with Crippen LogP contribution in [0, 0.1) is 0 Å². The molecule has 1 aliphatic rings. The van der Waals surface area contributed by atoms with Crippen LogP contribution in [0.4, 0.5) is 0 Å². The molecule has 1 fully saturated rings. The fraction of sp³-hybridized carbons (Fsp3) is 0.423. The molecule has 5 rings (SSSR count). The molecule has 0 saturated carbocycles. The highest BCUT2D eigenvalue weighted by Gasteiger charge is 2.20. The fourth-order valence-corrected chi connectivity index (χ4v) is 5.06. The summed E-state index contributed by atoms with van der Waals surface area (Å²) < 4.78 is 9.24. The van der Waals surface area contributed by atoms with E-state index in [9.17, 15) is 9.59 Å². The topological polar surface area (TPSA) is 84.8 Å². The van der Waals surface area contributed by atoms with Crippen LogP contribution in [0.25, 0.3) is 16.7 Å². The van der Waals surface area contributed by atoms with E-state index in [1.165, 1.54) is 25.7 Å². The van der Waals surface area contributed by atoms with Crippen LogP contribution in [-0.2, 0) is 6.54 Å². The molecule has 4 aromatic heterocycles. The number of likely N-dealkylation sites (tertiary alicyclic amines) is 1. The van der Waals surface area contributed by atoms with Crippen LogP contribution in [0.3, 0.4) is 0 Å². The van der Waals surface area contributed by atoms with Crippen molar-refractivity contribution in [2.75, 3.05) is 19.6 Å². The van der Waals surface area contributed by atoms with Crippen molar-refractivity contribution in [1.82, 2.24) is 24.2 Å². The summed E-state index contributed by atoms with van der Waals surface area (Å²) in [6.07, 6.45) is 9.50. The van der Waals surface area contributed by atoms with E-state index < -0.39 is 0 Å². The van der Waals surface area contributed by atoms with Gasteiger partial charge in [-0.3, -0.25) is 14.2 Å². The summed E-state index contributed by atoms with van der Waals surface area (Å²) in [6.45, 7) is 5.23. The van der Waals surface area contributed by atoms with Crippen molar-refractivity contribution >= 4 is 22.6 Å². The van der Waals surface area contributed by atoms with E-state index in [4.69, 9.17) is 4.42 Å². The van der Waals surface area contributed by atoms with E-state index in [1.807, 2.05) is 28.8 Å². The summed E-state index contributed by atoms with van der Waals surface area (Å²) in [5, 5.41) is 2.97. The second-order valence-corrected chi connectivity index (χ2v) is 8.97. The number of nitrogens with one attached hydrogen (secondary N) is 1. The summed E-state index contributed by atoms with van der Waals surface area (Å²) in [5.41, 5.74) is 1.83. The maximum Gasteiger partial charge on any atom is 0.286 e. The lowest BCUT2D eigenvalue weighted by atomic mass is 10.00. The van der Waals surface area contributed by atoms with E-state index in [0.717, 1.165) is 25.0 Å². The third kappa shape index (κ3) is 4.37. The highest BCUT2D eigenvalue weighted by Crippen LogP contribution is 2.19. The van der Waals surface area contributed by atoms with Gasteiger partial charge in [0.15, 0.2) is 11.4 Å². The molecule has 0 unspecified atom stereocenters. The van der Waals surface area contributed by atoms with Crippen LogP contribution in [0.2, 0.25) is 0 Å². The Balaban J connectivity index is 1.24. The number of piperidine rings is 1. The highest BCUT2D eigenvalue weighted by atomic mass is 16.4. The summed E-state index contributed by atoms with van der Waals surface area (Å²) in [4.78, 5) is 32.7. The van der Waals surface area contributed by atoms with Gasteiger partial charge in [-0.05, 0) is 68.6 Å². The molecular weight excluding hydrogens is 430 g/mol. The van der Waals surface area contributed by atoms with Crippen molar-refractivity contribution in [3.05, 3.63) is 70.7 Å². The number of nitrogens with zero attached hydrogens (tertiary/aromatic N) is 4. The Morgan fingerprint density at radius 1 is 1.18 bits per heavy atom. The standard InChI is InChI=1S/C26H31N5O3/c1-2-19-8-3-4-15-29(19)16-7-14-28-25(32)23-12-11-20(34-23)18-31-24-21(9-5-13-27-24)30-17-6-10-22(30)26(31)33/h5-6,9-13,17,19H,2-4,7-8,14-16,18H2,1H3,(H,28,32)/t19-/m0/s1. The van der Waals surface area contributed by atoms with Gasteiger partial charge in [0, 0.05) is 31.5 Å². The number of rotatable bonds is 8. The second kappa shape index (κ2) is 9.85. The predicted molar refractivity (Wildman–Crippen MR) is 131 cm³/mol. The molecule has 0 aliphatic carbocycles. The summed E-state index contributed by atoms with van der Waals surface area (Å²) in [7, 11) is 0. The SMILES string of the molecule is CC[C@H]1CCCCN1CCCNC(=O)c1ccc(Cn2c(=O)c3cccn3c3cccnc32)o1. The first kappa shape index (κ1) is 22.4. The number of amides is 1. The number of carbonyl (C=O) groups is 1. The summed E-state index contributed by atoms with van der Waals surface area (Å²) >= 11 is 0. The smallest absolute Gasteiger partial charge is 0.286 e. The van der Waals surface area contributed by atoms with Gasteiger partial charge in [-0.15, -0.1) is 0 Å². The van der Waals surface area contributed by atoms with Crippen molar-refractivity contribution in [3.63, 3.8) is 0 Å². The number of hydrogen-bond donors (Lipinski definition) is 1. The second-order valence-electron chi connectivity index (χ2n) is 8.97. The van der Waals surface area contributed by atoms with Crippen LogP contribution in [0.1, 0.15) is 55.3 Å². The number of hydrogen-bond acceptors (Lipinski definition) is 5. The first-order valence-corrected chi connectivity index (χ1v) is 12.2. The van der Waals surface area contributed by atoms with Crippen molar-refractivity contribution in [2.24, 2.45) is 0 Å². The van der Waals surface area contributed by atoms with Crippen molar-refractivity contribution in [3.8, 4) is 0 Å². The van der Waals surface area contributed by atoms with Crippen molar-refractivity contribution in [1.29, 1.82) is 0 Å². The quantitative estimate of drug-likeness (QED) is 0.405. The van der Waals surface area contributed by atoms with E-state index in [1.54, 1.807) is 29.0 Å². The lowest BCUT2D eigenvalue weighted by Gasteiger charge is -2.35. The fourth-order valence-electron chi connectivity index (χ4n) is 5.06. The van der Waals surface area contributed by atoms with Gasteiger partial charge in [0.2, 0.25) is 0 Å². The van der Waals surface area contributed by atoms with Crippen molar-refractivity contribution < 1.29 is 9.21 Å². The van der Waals surface area contributed by atoms with Gasteiger partial charge in [0.1, 0.15) is 11.3 Å². The van der Waals surface area contributed by atoms with Crippen LogP contribution in [0.15, 0.2) is 58.0 Å². The lowest BCUT2D eigenvalue weighted by molar-refractivity contribution is 0.0918. The average molecular weight is 462 g/mol. The maximum atomic E-state index is 13.1. The van der Waals surface area contributed by atoms with Gasteiger partial charge in [0.25, 0.3) is 11.5 Å². The van der Waals surface area contributed by atoms with E-state index >= 15 is 0 Å². The zero-order valence-corrected chi connectivity index (χ0v) is 19.6. The van der Waals surface area contributed by atoms with Gasteiger partial charge >= 0.3 is 0 Å². The summed E-state index contributed by atoms with van der Waals surface area (Å²) in [5.74, 6) is 0.567. The van der Waals surface area contributed by atoms with Gasteiger partial charge in [-0.1, -0.05) is 13.3 Å². The Bertz CT molecular complexity index is 1350. The molecule has 0 spiro atoms. The molecular formula is C26H31N5O3. The van der Waals surface area contributed by atoms with Crippen LogP contribution < -0.4 is 10.9 Å². The van der Waals surface area contributed by atoms with Gasteiger partial charge in [0.05, 0.1) is 12.1 Å². The van der Waals surface area contributed by atoms with E-state index in [0.29, 0.717) is 29.5 Å². The molecule has 34 heavy (non-hydrogen) atoms. The Kier molecular flexibility index (Phi) is 6.49. The molecule has 8 nitrogen and oxygen atoms in total. The minimum atomic E-state index is -0.227. The monoisotopic (exact) mass is 461 g/mol. The van der Waals surface area contributed by atoms with Gasteiger partial charge < -0.3 is 19.0 Å². The van der Waals surface area contributed by atoms with E-state index in [2.05, 4.69) is 22.1 Å². The Hall–Kier alpha value is -3.39. The highest BCUT2D eigenvalue weighted by molar-refractivity contribution is 5.91. The first-order chi connectivity index (χ1) is 16.7. The van der Waals surface area contributed by atoms with Crippen molar-refractivity contribution in [2.45, 2.75) is 51.6 Å². The number of carbonyl (C=O) groups excluding carboxylic acids is 1. The molecule has 5 heterocycles. The Labute approximate surface area is 198 Å². The lowest BCUT2D eigenvalue weighted by Crippen LogP contribution is -2.40. The zero-order valence-electron chi connectivity index (χ0n) is 19.6. The molecule has 8 heteroatoms. The molecule has 1 amide bonds. The summed E-state index contributed by atoms with van der Waals surface area (Å²) in [6, 6.07) is 11.5. The van der Waals surface area contributed by atoms with Gasteiger partial charge in [-0.2, -0.15) is 0 Å². The first-order valence-electron chi connectivity index (χ1n) is 12.2. The molecule has 0 radical (unpaired) electrons. The molecule has 4 aromatic rings. The molecule has 1 saturated heterocycles. The third-order valence-corrected chi connectivity index (χ3v) is 6.82. The number of fused-ring (bicyclic) bond motifs is 3. The number of furan rings is 1. The maximum absolute atomic E-state index is 13.1. The van der Waals surface area contributed by atoms with Crippen LogP contribution in [0.5, 0.6) is 0 Å². The number of pyridine rings is 1. The molecule has 1 aliphatic heterocycles. The molecule has 1 N–H and O–H groups in total. The third-order valence-electron chi connectivity index (χ3n) is 6.82. The van der Waals surface area contributed by atoms with Crippen LogP contribution in [-0.4, -0.2) is 50.4 Å². The largest absolute Gasteiger partial charge is 0.454 e.